The molecule has 0 atom stereocenters. The number of anilines is 1. The van der Waals surface area contributed by atoms with Gasteiger partial charge in [-0.15, -0.1) is 0 Å². The number of rotatable bonds is 9. The molecule has 0 unspecified atom stereocenters. The van der Waals surface area contributed by atoms with Crippen LogP contribution in [0.2, 0.25) is 0 Å². The maximum absolute atomic E-state index is 9.79. The molecule has 0 saturated heterocycles. The Hall–Kier alpha value is -2.19. The number of halogens is 2. The minimum atomic E-state index is -0.326. The molecule has 1 heterocycles. The SMILES string of the molecule is CC(C)(C(/C=C/C1=C(Cl)C(=C/C=C2/N(CCO)c3ccccc3C2(C)C)/CCC1)=NCCO)c1ccccc1I. The maximum atomic E-state index is 9.79. The zero-order chi connectivity index (χ0) is 28.9. The Morgan fingerprint density at radius 3 is 2.50 bits per heavy atom. The zero-order valence-corrected chi connectivity index (χ0v) is 26.8. The van der Waals surface area contributed by atoms with Gasteiger partial charge in [-0.05, 0) is 88.4 Å². The molecular formula is C34H40ClIN2O2. The molecule has 0 spiro atoms. The number of para-hydroxylation sites is 1. The molecule has 0 bridgehead atoms. The highest BCUT2D eigenvalue weighted by molar-refractivity contribution is 14.1. The molecule has 0 amide bonds. The Balaban J connectivity index is 1.67. The van der Waals surface area contributed by atoms with Crippen LogP contribution < -0.4 is 4.90 Å². The number of β-amino-alcohol motifs (C(OH)–C–C–N with tert-alkyl or cyclic N) is 1. The predicted octanol–water partition coefficient (Wildman–Crippen LogP) is 7.84. The fourth-order valence-corrected chi connectivity index (χ4v) is 7.16. The van der Waals surface area contributed by atoms with Crippen molar-refractivity contribution in [2.45, 2.75) is 57.8 Å². The Labute approximate surface area is 258 Å². The van der Waals surface area contributed by atoms with Crippen molar-refractivity contribution in [1.82, 2.24) is 0 Å². The minimum absolute atomic E-state index is 0.0117. The van der Waals surface area contributed by atoms with Crippen LogP contribution >= 0.6 is 34.2 Å². The van der Waals surface area contributed by atoms with Crippen LogP contribution in [0.4, 0.5) is 5.69 Å². The first-order valence-corrected chi connectivity index (χ1v) is 15.5. The number of hydrogen-bond acceptors (Lipinski definition) is 4. The maximum Gasteiger partial charge on any atom is 0.0627 e. The van der Waals surface area contributed by atoms with E-state index in [4.69, 9.17) is 16.6 Å². The molecule has 212 valence electrons. The van der Waals surface area contributed by atoms with E-state index in [0.29, 0.717) is 13.1 Å². The van der Waals surface area contributed by atoms with Gasteiger partial charge in [-0.2, -0.15) is 0 Å². The van der Waals surface area contributed by atoms with Gasteiger partial charge in [0.15, 0.2) is 0 Å². The van der Waals surface area contributed by atoms with E-state index in [2.05, 4.69) is 122 Å². The molecule has 0 fully saturated rings. The van der Waals surface area contributed by atoms with Gasteiger partial charge in [0.05, 0.1) is 19.8 Å². The number of fused-ring (bicyclic) bond motifs is 1. The first-order valence-electron chi connectivity index (χ1n) is 14.0. The molecular weight excluding hydrogens is 631 g/mol. The second-order valence-electron chi connectivity index (χ2n) is 11.4. The lowest BCUT2D eigenvalue weighted by Crippen LogP contribution is -2.29. The monoisotopic (exact) mass is 670 g/mol. The molecule has 0 aromatic heterocycles. The van der Waals surface area contributed by atoms with E-state index in [-0.39, 0.29) is 24.0 Å². The summed E-state index contributed by atoms with van der Waals surface area (Å²) >= 11 is 9.41. The summed E-state index contributed by atoms with van der Waals surface area (Å²) in [6.07, 6.45) is 11.4. The first-order chi connectivity index (χ1) is 19.1. The second-order valence-corrected chi connectivity index (χ2v) is 12.9. The number of aliphatic hydroxyl groups is 2. The Morgan fingerprint density at radius 1 is 1.05 bits per heavy atom. The van der Waals surface area contributed by atoms with Gasteiger partial charge in [-0.25, -0.2) is 0 Å². The topological polar surface area (TPSA) is 56.1 Å². The summed E-state index contributed by atoms with van der Waals surface area (Å²) < 4.78 is 1.19. The molecule has 4 nitrogen and oxygen atoms in total. The van der Waals surface area contributed by atoms with Crippen molar-refractivity contribution in [2.24, 2.45) is 4.99 Å². The minimum Gasteiger partial charge on any atom is -0.395 e. The van der Waals surface area contributed by atoms with Crippen molar-refractivity contribution in [3.05, 3.63) is 109 Å². The fraction of sp³-hybridized carbons (Fsp3) is 0.382. The van der Waals surface area contributed by atoms with Gasteiger partial charge in [0, 0.05) is 43.1 Å². The van der Waals surface area contributed by atoms with Crippen molar-refractivity contribution in [3.63, 3.8) is 0 Å². The van der Waals surface area contributed by atoms with Crippen molar-refractivity contribution in [3.8, 4) is 0 Å². The number of hydrogen-bond donors (Lipinski definition) is 2. The highest BCUT2D eigenvalue weighted by Crippen LogP contribution is 2.47. The molecule has 2 aliphatic rings. The van der Waals surface area contributed by atoms with Crippen LogP contribution in [-0.2, 0) is 10.8 Å². The average molecular weight is 671 g/mol. The van der Waals surface area contributed by atoms with Crippen molar-refractivity contribution < 1.29 is 10.2 Å². The molecule has 40 heavy (non-hydrogen) atoms. The Bertz CT molecular complexity index is 1380. The van der Waals surface area contributed by atoms with Crippen LogP contribution in [0, 0.1) is 3.57 Å². The van der Waals surface area contributed by atoms with E-state index < -0.39 is 0 Å². The quantitative estimate of drug-likeness (QED) is 0.211. The zero-order valence-electron chi connectivity index (χ0n) is 23.9. The smallest absolute Gasteiger partial charge is 0.0627 e. The van der Waals surface area contributed by atoms with Crippen LogP contribution in [0.25, 0.3) is 0 Å². The second kappa shape index (κ2) is 13.2. The molecule has 0 radical (unpaired) electrons. The van der Waals surface area contributed by atoms with Gasteiger partial charge < -0.3 is 15.1 Å². The summed E-state index contributed by atoms with van der Waals surface area (Å²) in [5.74, 6) is 0. The van der Waals surface area contributed by atoms with E-state index in [9.17, 15) is 10.2 Å². The van der Waals surface area contributed by atoms with Gasteiger partial charge in [-0.3, -0.25) is 4.99 Å². The number of aliphatic hydroxyl groups excluding tert-OH is 2. The standard InChI is InChI=1S/C34H40ClIN2O2/c1-33(2,26-12-5-7-14-28(26)36)30(37-20-22-39)18-16-24-10-9-11-25(32(24)35)17-19-31-34(3,4)27-13-6-8-15-29(27)38(31)21-23-40/h5-8,12-19,39-40H,9-11,20-23H2,1-4H3/b18-16+,25-17+,31-19+,37-30?. The van der Waals surface area contributed by atoms with Crippen LogP contribution in [-0.4, -0.2) is 42.2 Å². The number of aliphatic imine (C=N–C) groups is 1. The van der Waals surface area contributed by atoms with E-state index in [0.717, 1.165) is 46.8 Å². The third-order valence-corrected chi connectivity index (χ3v) is 9.46. The number of benzene rings is 2. The summed E-state index contributed by atoms with van der Waals surface area (Å²) in [7, 11) is 0. The normalized spacial score (nSPS) is 19.8. The van der Waals surface area contributed by atoms with Gasteiger partial charge in [0.1, 0.15) is 0 Å². The van der Waals surface area contributed by atoms with Crippen LogP contribution in [0.1, 0.15) is 58.1 Å². The lowest BCUT2D eigenvalue weighted by Gasteiger charge is -2.27. The Morgan fingerprint density at radius 2 is 1.77 bits per heavy atom. The van der Waals surface area contributed by atoms with Crippen LogP contribution in [0.3, 0.4) is 0 Å². The van der Waals surface area contributed by atoms with E-state index in [1.807, 2.05) is 6.07 Å². The van der Waals surface area contributed by atoms with E-state index in [1.165, 1.54) is 20.4 Å². The van der Waals surface area contributed by atoms with Crippen LogP contribution in [0.15, 0.2) is 99.7 Å². The third-order valence-electron chi connectivity index (χ3n) is 8.03. The molecule has 1 aliphatic heterocycles. The average Bonchev–Trinajstić information content (AvgIpc) is 3.14. The molecule has 2 aromatic rings. The summed E-state index contributed by atoms with van der Waals surface area (Å²) in [4.78, 5) is 7.00. The largest absolute Gasteiger partial charge is 0.395 e. The molecule has 1 aliphatic carbocycles. The van der Waals surface area contributed by atoms with Gasteiger partial charge >= 0.3 is 0 Å². The summed E-state index contributed by atoms with van der Waals surface area (Å²) in [5, 5.41) is 20.1. The summed E-state index contributed by atoms with van der Waals surface area (Å²) in [6.45, 7) is 9.85. The number of nitrogens with zero attached hydrogens (tertiary/aromatic N) is 2. The lowest BCUT2D eigenvalue weighted by molar-refractivity contribution is 0.304. The molecule has 2 N–H and O–H groups in total. The highest BCUT2D eigenvalue weighted by atomic mass is 127. The van der Waals surface area contributed by atoms with Crippen molar-refractivity contribution in [2.75, 3.05) is 31.2 Å². The molecule has 4 rings (SSSR count). The summed E-state index contributed by atoms with van der Waals surface area (Å²) in [6, 6.07) is 16.8. The van der Waals surface area contributed by atoms with Crippen LogP contribution in [0.5, 0.6) is 0 Å². The van der Waals surface area contributed by atoms with Gasteiger partial charge in [0.25, 0.3) is 0 Å². The van der Waals surface area contributed by atoms with E-state index in [1.54, 1.807) is 0 Å². The van der Waals surface area contributed by atoms with Gasteiger partial charge in [0.2, 0.25) is 0 Å². The molecule has 6 heteroatoms. The molecule has 0 saturated carbocycles. The van der Waals surface area contributed by atoms with Crippen molar-refractivity contribution in [1.29, 1.82) is 0 Å². The van der Waals surface area contributed by atoms with Gasteiger partial charge in [-0.1, -0.05) is 87.8 Å². The first kappa shape index (κ1) is 30.8. The number of allylic oxidation sites excluding steroid dienone is 8. The highest BCUT2D eigenvalue weighted by Gasteiger charge is 2.39. The predicted molar refractivity (Wildman–Crippen MR) is 178 cm³/mol. The third kappa shape index (κ3) is 6.33. The van der Waals surface area contributed by atoms with E-state index >= 15 is 0 Å². The Kier molecular flexibility index (Phi) is 10.1. The summed E-state index contributed by atoms with van der Waals surface area (Å²) in [5.41, 5.74) is 7.46. The fourth-order valence-electron chi connectivity index (χ4n) is 5.78. The molecule has 2 aromatic carbocycles. The van der Waals surface area contributed by atoms with Crippen molar-refractivity contribution >= 4 is 45.6 Å². The lowest BCUT2D eigenvalue weighted by atomic mass is 9.79.